The summed E-state index contributed by atoms with van der Waals surface area (Å²) in [5.74, 6) is -2.39. The van der Waals surface area contributed by atoms with Gasteiger partial charge in [0.15, 0.2) is 18.3 Å². The standard InChI is InChI=1S/C18H29O9PS/c1-7-28(8-2)29-18-17(26-13(6)22)16(25-12(5)21)15(24-11(4)20)14(27-18)9-23-10(3)19/h14-18H,7-9H2,1-6H3/t14-,15-,16+,17-,18+/m1/s1. The highest BCUT2D eigenvalue weighted by Gasteiger charge is 2.52. The monoisotopic (exact) mass is 452 g/mol. The van der Waals surface area contributed by atoms with E-state index in [0.717, 1.165) is 12.3 Å². The smallest absolute Gasteiger partial charge is 0.303 e. The van der Waals surface area contributed by atoms with E-state index in [9.17, 15) is 19.2 Å². The molecule has 0 radical (unpaired) electrons. The van der Waals surface area contributed by atoms with Crippen LogP contribution in [0, 0.1) is 0 Å². The van der Waals surface area contributed by atoms with Gasteiger partial charge in [-0.15, -0.1) is 0 Å². The van der Waals surface area contributed by atoms with Crippen LogP contribution in [0.15, 0.2) is 0 Å². The van der Waals surface area contributed by atoms with E-state index in [2.05, 4.69) is 0 Å². The van der Waals surface area contributed by atoms with Gasteiger partial charge in [-0.1, -0.05) is 25.2 Å². The molecule has 1 aliphatic rings. The maximum atomic E-state index is 11.8. The first-order chi connectivity index (χ1) is 13.6. The molecule has 0 aromatic heterocycles. The Kier molecular flexibility index (Phi) is 10.9. The van der Waals surface area contributed by atoms with Crippen molar-refractivity contribution in [1.29, 1.82) is 0 Å². The fraction of sp³-hybridized carbons (Fsp3) is 0.778. The quantitative estimate of drug-likeness (QED) is 0.293. The van der Waals surface area contributed by atoms with Gasteiger partial charge in [0, 0.05) is 27.7 Å². The normalized spacial score (nSPS) is 26.5. The number of esters is 4. The zero-order valence-electron chi connectivity index (χ0n) is 17.5. The minimum atomic E-state index is -1.11. The molecule has 0 saturated carbocycles. The molecule has 1 saturated heterocycles. The molecule has 0 aromatic carbocycles. The summed E-state index contributed by atoms with van der Waals surface area (Å²) < 4.78 is 27.3. The first-order valence-corrected chi connectivity index (χ1v) is 12.5. The van der Waals surface area contributed by atoms with E-state index in [1.165, 1.54) is 39.1 Å². The van der Waals surface area contributed by atoms with Gasteiger partial charge >= 0.3 is 23.9 Å². The number of carbonyl (C=O) groups is 4. The molecule has 1 fully saturated rings. The second-order valence-electron chi connectivity index (χ2n) is 6.29. The Morgan fingerprint density at radius 1 is 0.793 bits per heavy atom. The zero-order valence-corrected chi connectivity index (χ0v) is 19.2. The largest absolute Gasteiger partial charge is 0.463 e. The fourth-order valence-corrected chi connectivity index (χ4v) is 6.64. The topological polar surface area (TPSA) is 114 Å². The first kappa shape index (κ1) is 25.7. The molecule has 0 amide bonds. The maximum absolute atomic E-state index is 11.8. The van der Waals surface area contributed by atoms with Crippen molar-refractivity contribution in [3.63, 3.8) is 0 Å². The van der Waals surface area contributed by atoms with Crippen molar-refractivity contribution in [3.8, 4) is 0 Å². The Morgan fingerprint density at radius 2 is 1.28 bits per heavy atom. The van der Waals surface area contributed by atoms with Crippen molar-refractivity contribution in [1.82, 2.24) is 0 Å². The van der Waals surface area contributed by atoms with Crippen molar-refractivity contribution in [3.05, 3.63) is 0 Å². The van der Waals surface area contributed by atoms with E-state index in [-0.39, 0.29) is 6.61 Å². The molecule has 5 atom stereocenters. The van der Waals surface area contributed by atoms with E-state index >= 15 is 0 Å². The summed E-state index contributed by atoms with van der Waals surface area (Å²) in [6.07, 6.45) is -2.26. The Balaban J connectivity index is 3.31. The van der Waals surface area contributed by atoms with E-state index in [1.54, 1.807) is 0 Å². The van der Waals surface area contributed by atoms with Crippen molar-refractivity contribution in [2.45, 2.75) is 71.4 Å². The number of hydrogen-bond acceptors (Lipinski definition) is 10. The lowest BCUT2D eigenvalue weighted by Crippen LogP contribution is -2.61. The molecular weight excluding hydrogens is 423 g/mol. The van der Waals surface area contributed by atoms with Gasteiger partial charge in [-0.3, -0.25) is 19.2 Å². The predicted molar refractivity (Wildman–Crippen MR) is 108 cm³/mol. The molecule has 166 valence electrons. The van der Waals surface area contributed by atoms with Gasteiger partial charge in [-0.25, -0.2) is 0 Å². The van der Waals surface area contributed by atoms with Crippen molar-refractivity contribution >= 4 is 42.4 Å². The Labute approximate surface area is 176 Å². The van der Waals surface area contributed by atoms with Gasteiger partial charge in [0.25, 0.3) is 0 Å². The SMILES string of the molecule is CCP(CC)S[C@@H]1O[C@H](COC(C)=O)[C@@H](OC(C)=O)[C@H](OC(C)=O)[C@H]1OC(C)=O. The van der Waals surface area contributed by atoms with Crippen LogP contribution >= 0.6 is 18.5 Å². The summed E-state index contributed by atoms with van der Waals surface area (Å²) >= 11 is 1.50. The van der Waals surface area contributed by atoms with Crippen LogP contribution in [-0.2, 0) is 42.9 Å². The van der Waals surface area contributed by atoms with E-state index in [4.69, 9.17) is 23.7 Å². The third-order valence-electron chi connectivity index (χ3n) is 3.91. The third-order valence-corrected chi connectivity index (χ3v) is 9.27. The Morgan fingerprint density at radius 3 is 1.72 bits per heavy atom. The molecular formula is C18H29O9PS. The van der Waals surface area contributed by atoms with Crippen molar-refractivity contribution < 1.29 is 42.9 Å². The second kappa shape index (κ2) is 12.3. The minimum Gasteiger partial charge on any atom is -0.463 e. The molecule has 0 aliphatic carbocycles. The van der Waals surface area contributed by atoms with E-state index < -0.39 is 60.9 Å². The average molecular weight is 452 g/mol. The molecule has 0 unspecified atom stereocenters. The van der Waals surface area contributed by atoms with Crippen LogP contribution < -0.4 is 0 Å². The van der Waals surface area contributed by atoms with Gasteiger partial charge in [0.05, 0.1) is 0 Å². The van der Waals surface area contributed by atoms with Gasteiger partial charge in [0.1, 0.15) is 18.1 Å². The number of ether oxygens (including phenoxy) is 5. The Hall–Kier alpha value is -1.38. The van der Waals surface area contributed by atoms with Crippen LogP contribution in [0.2, 0.25) is 0 Å². The number of carbonyl (C=O) groups excluding carboxylic acids is 4. The van der Waals surface area contributed by atoms with E-state index in [1.807, 2.05) is 13.8 Å². The summed E-state index contributed by atoms with van der Waals surface area (Å²) in [7, 11) is -0.497. The predicted octanol–water partition coefficient (Wildman–Crippen LogP) is 2.24. The summed E-state index contributed by atoms with van der Waals surface area (Å²) in [5, 5.41) is 0. The van der Waals surface area contributed by atoms with Gasteiger partial charge in [-0.05, 0) is 19.4 Å². The lowest BCUT2D eigenvalue weighted by molar-refractivity contribution is -0.237. The highest BCUT2D eigenvalue weighted by molar-refractivity contribution is 8.56. The lowest BCUT2D eigenvalue weighted by Gasteiger charge is -2.44. The van der Waals surface area contributed by atoms with Crippen LogP contribution in [0.4, 0.5) is 0 Å². The van der Waals surface area contributed by atoms with Crippen molar-refractivity contribution in [2.75, 3.05) is 18.9 Å². The van der Waals surface area contributed by atoms with Crippen LogP contribution in [0.5, 0.6) is 0 Å². The van der Waals surface area contributed by atoms with Gasteiger partial charge in [0.2, 0.25) is 0 Å². The number of rotatable bonds is 9. The molecule has 9 nitrogen and oxygen atoms in total. The molecule has 0 spiro atoms. The summed E-state index contributed by atoms with van der Waals surface area (Å²) in [4.78, 5) is 46.5. The van der Waals surface area contributed by atoms with Crippen LogP contribution in [0.3, 0.4) is 0 Å². The molecule has 0 N–H and O–H groups in total. The molecule has 11 heteroatoms. The Bertz CT molecular complexity index is 596. The maximum Gasteiger partial charge on any atom is 0.303 e. The molecule has 1 rings (SSSR count). The molecule has 1 aliphatic heterocycles. The second-order valence-corrected chi connectivity index (χ2v) is 11.4. The van der Waals surface area contributed by atoms with Crippen LogP contribution in [-0.4, -0.2) is 72.7 Å². The molecule has 0 bridgehead atoms. The zero-order chi connectivity index (χ0) is 22.1. The summed E-state index contributed by atoms with van der Waals surface area (Å²) in [6, 6.07) is 0. The van der Waals surface area contributed by atoms with Crippen LogP contribution in [0.1, 0.15) is 41.5 Å². The first-order valence-electron chi connectivity index (χ1n) is 9.31. The van der Waals surface area contributed by atoms with Crippen LogP contribution in [0.25, 0.3) is 0 Å². The number of hydrogen-bond donors (Lipinski definition) is 0. The lowest BCUT2D eigenvalue weighted by atomic mass is 9.99. The van der Waals surface area contributed by atoms with Gasteiger partial charge in [-0.2, -0.15) is 0 Å². The van der Waals surface area contributed by atoms with Crippen molar-refractivity contribution in [2.24, 2.45) is 0 Å². The average Bonchev–Trinajstić information content (AvgIpc) is 2.61. The van der Waals surface area contributed by atoms with Gasteiger partial charge < -0.3 is 23.7 Å². The third kappa shape index (κ3) is 8.48. The molecule has 29 heavy (non-hydrogen) atoms. The fourth-order valence-electron chi connectivity index (χ4n) is 2.79. The highest BCUT2D eigenvalue weighted by atomic mass is 32.7. The molecule has 1 heterocycles. The highest BCUT2D eigenvalue weighted by Crippen LogP contribution is 2.54. The summed E-state index contributed by atoms with van der Waals surface area (Å²) in [6.45, 7) is 8.78. The summed E-state index contributed by atoms with van der Waals surface area (Å²) in [5.41, 5.74) is -0.679. The minimum absolute atomic E-state index is 0.203. The molecule has 0 aromatic rings. The van der Waals surface area contributed by atoms with E-state index in [0.29, 0.717) is 0 Å².